The Hall–Kier alpha value is -0.960. The third-order valence-electron chi connectivity index (χ3n) is 4.17. The molecule has 1 saturated carbocycles. The van der Waals surface area contributed by atoms with E-state index in [9.17, 15) is 0 Å². The van der Waals surface area contributed by atoms with Crippen LogP contribution >= 0.6 is 0 Å². The minimum absolute atomic E-state index is 0.399. The van der Waals surface area contributed by atoms with Crippen molar-refractivity contribution in [1.29, 1.82) is 0 Å². The van der Waals surface area contributed by atoms with E-state index >= 15 is 0 Å². The van der Waals surface area contributed by atoms with Crippen LogP contribution < -0.4 is 5.32 Å². The fourth-order valence-electron chi connectivity index (χ4n) is 3.04. The molecule has 1 atom stereocenters. The summed E-state index contributed by atoms with van der Waals surface area (Å²) in [6.45, 7) is 2.31. The smallest absolute Gasteiger partial charge is 0.115 e. The summed E-state index contributed by atoms with van der Waals surface area (Å²) >= 11 is 0. The molecule has 0 radical (unpaired) electrons. The number of hydrogen-bond acceptors (Lipinski definition) is 3. The van der Waals surface area contributed by atoms with Gasteiger partial charge in [0.2, 0.25) is 0 Å². The second-order valence-electron chi connectivity index (χ2n) is 5.09. The monoisotopic (exact) mass is 233 g/mol. The lowest BCUT2D eigenvalue weighted by Crippen LogP contribution is -2.29. The number of nitrogens with zero attached hydrogens (tertiary/aromatic N) is 2. The van der Waals surface area contributed by atoms with Crippen molar-refractivity contribution in [2.24, 2.45) is 11.8 Å². The van der Waals surface area contributed by atoms with E-state index in [1.807, 2.05) is 19.3 Å². The van der Waals surface area contributed by atoms with Crippen LogP contribution in [0.4, 0.5) is 0 Å². The summed E-state index contributed by atoms with van der Waals surface area (Å²) in [6, 6.07) is 2.43. The summed E-state index contributed by atoms with van der Waals surface area (Å²) in [5.41, 5.74) is 1.14. The molecule has 3 nitrogen and oxygen atoms in total. The molecule has 0 saturated heterocycles. The Labute approximate surface area is 104 Å². The molecular weight excluding hydrogens is 210 g/mol. The maximum atomic E-state index is 4.39. The van der Waals surface area contributed by atoms with E-state index in [2.05, 4.69) is 22.2 Å². The van der Waals surface area contributed by atoms with E-state index in [0.29, 0.717) is 6.04 Å². The van der Waals surface area contributed by atoms with Crippen LogP contribution in [-0.2, 0) is 0 Å². The zero-order valence-corrected chi connectivity index (χ0v) is 10.9. The van der Waals surface area contributed by atoms with Crippen LogP contribution in [0.2, 0.25) is 0 Å². The summed E-state index contributed by atoms with van der Waals surface area (Å²) < 4.78 is 0. The molecule has 1 fully saturated rings. The van der Waals surface area contributed by atoms with Crippen LogP contribution in [0.5, 0.6) is 0 Å². The number of hydrogen-bond donors (Lipinski definition) is 1. The van der Waals surface area contributed by atoms with Gasteiger partial charge >= 0.3 is 0 Å². The molecule has 17 heavy (non-hydrogen) atoms. The molecular formula is C14H23N3. The van der Waals surface area contributed by atoms with E-state index in [1.54, 1.807) is 6.33 Å². The first-order chi connectivity index (χ1) is 8.35. The first-order valence-electron chi connectivity index (χ1n) is 6.78. The second kappa shape index (κ2) is 6.10. The summed E-state index contributed by atoms with van der Waals surface area (Å²) in [7, 11) is 2.04. The maximum Gasteiger partial charge on any atom is 0.115 e. The van der Waals surface area contributed by atoms with Crippen molar-refractivity contribution in [2.75, 3.05) is 7.05 Å². The third-order valence-corrected chi connectivity index (χ3v) is 4.17. The molecule has 0 spiro atoms. The molecule has 1 N–H and O–H groups in total. The predicted molar refractivity (Wildman–Crippen MR) is 69.6 cm³/mol. The van der Waals surface area contributed by atoms with Crippen molar-refractivity contribution in [3.63, 3.8) is 0 Å². The molecule has 1 unspecified atom stereocenters. The first-order valence-corrected chi connectivity index (χ1v) is 6.78. The molecule has 0 amide bonds. The van der Waals surface area contributed by atoms with Gasteiger partial charge in [-0.25, -0.2) is 9.97 Å². The summed E-state index contributed by atoms with van der Waals surface area (Å²) in [5.74, 6) is 1.69. The van der Waals surface area contributed by atoms with E-state index in [1.165, 1.54) is 32.1 Å². The highest BCUT2D eigenvalue weighted by atomic mass is 14.9. The Morgan fingerprint density at radius 2 is 2.12 bits per heavy atom. The van der Waals surface area contributed by atoms with Gasteiger partial charge in [-0.1, -0.05) is 26.2 Å². The van der Waals surface area contributed by atoms with Crippen molar-refractivity contribution in [3.05, 3.63) is 24.3 Å². The Kier molecular flexibility index (Phi) is 4.49. The van der Waals surface area contributed by atoms with Gasteiger partial charge in [-0.3, -0.25) is 0 Å². The molecule has 0 bridgehead atoms. The third kappa shape index (κ3) is 3.03. The molecule has 1 aromatic rings. The molecule has 0 aromatic carbocycles. The van der Waals surface area contributed by atoms with Crippen LogP contribution in [0.1, 0.15) is 50.8 Å². The number of nitrogens with one attached hydrogen (secondary N) is 1. The van der Waals surface area contributed by atoms with Crippen LogP contribution in [0.3, 0.4) is 0 Å². The number of rotatable bonds is 4. The quantitative estimate of drug-likeness (QED) is 0.869. The van der Waals surface area contributed by atoms with Crippen LogP contribution in [0.15, 0.2) is 18.6 Å². The molecule has 1 aliphatic rings. The van der Waals surface area contributed by atoms with Gasteiger partial charge in [0.15, 0.2) is 0 Å². The van der Waals surface area contributed by atoms with Gasteiger partial charge in [0.1, 0.15) is 6.33 Å². The molecule has 94 valence electrons. The lowest BCUT2D eigenvalue weighted by Gasteiger charge is -2.33. The largest absolute Gasteiger partial charge is 0.311 e. The van der Waals surface area contributed by atoms with E-state index in [4.69, 9.17) is 0 Å². The molecule has 1 aromatic heterocycles. The van der Waals surface area contributed by atoms with Crippen LogP contribution in [0.25, 0.3) is 0 Å². The van der Waals surface area contributed by atoms with Gasteiger partial charge in [0.05, 0.1) is 11.7 Å². The minimum Gasteiger partial charge on any atom is -0.311 e. The minimum atomic E-state index is 0.399. The second-order valence-corrected chi connectivity index (χ2v) is 5.09. The highest BCUT2D eigenvalue weighted by Crippen LogP contribution is 2.37. The average Bonchev–Trinajstić information content (AvgIpc) is 2.42. The van der Waals surface area contributed by atoms with Gasteiger partial charge in [-0.2, -0.15) is 0 Å². The van der Waals surface area contributed by atoms with Crippen molar-refractivity contribution in [1.82, 2.24) is 15.3 Å². The van der Waals surface area contributed by atoms with Crippen molar-refractivity contribution >= 4 is 0 Å². The van der Waals surface area contributed by atoms with Crippen LogP contribution in [-0.4, -0.2) is 17.0 Å². The first kappa shape index (κ1) is 12.5. The molecule has 0 aliphatic heterocycles. The zero-order valence-electron chi connectivity index (χ0n) is 10.9. The number of aromatic nitrogens is 2. The average molecular weight is 233 g/mol. The van der Waals surface area contributed by atoms with Gasteiger partial charge in [-0.05, 0) is 37.8 Å². The van der Waals surface area contributed by atoms with Gasteiger partial charge in [0, 0.05) is 6.20 Å². The normalized spacial score (nSPS) is 26.7. The Morgan fingerprint density at radius 1 is 1.35 bits per heavy atom. The van der Waals surface area contributed by atoms with Gasteiger partial charge < -0.3 is 5.32 Å². The lowest BCUT2D eigenvalue weighted by atomic mass is 9.77. The van der Waals surface area contributed by atoms with Crippen molar-refractivity contribution in [3.8, 4) is 0 Å². The molecule has 3 heteroatoms. The Bertz CT molecular complexity index is 317. The van der Waals surface area contributed by atoms with E-state index in [-0.39, 0.29) is 0 Å². The van der Waals surface area contributed by atoms with Crippen molar-refractivity contribution < 1.29 is 0 Å². The van der Waals surface area contributed by atoms with Crippen LogP contribution in [0, 0.1) is 11.8 Å². The molecule has 1 heterocycles. The summed E-state index contributed by atoms with van der Waals surface area (Å²) in [4.78, 5) is 8.38. The maximum absolute atomic E-state index is 4.39. The highest BCUT2D eigenvalue weighted by molar-refractivity contribution is 5.06. The predicted octanol–water partition coefficient (Wildman–Crippen LogP) is 2.95. The SMILES string of the molecule is CCC1CCC(C(NC)c2ccncn2)CC1. The van der Waals surface area contributed by atoms with Gasteiger partial charge in [-0.15, -0.1) is 0 Å². The lowest BCUT2D eigenvalue weighted by molar-refractivity contribution is 0.222. The Morgan fingerprint density at radius 3 is 2.65 bits per heavy atom. The molecule has 2 rings (SSSR count). The van der Waals surface area contributed by atoms with Crippen molar-refractivity contribution in [2.45, 2.75) is 45.1 Å². The zero-order chi connectivity index (χ0) is 12.1. The summed E-state index contributed by atoms with van der Waals surface area (Å²) in [6.07, 6.45) is 10.2. The van der Waals surface area contributed by atoms with Gasteiger partial charge in [0.25, 0.3) is 0 Å². The standard InChI is InChI=1S/C14H23N3/c1-3-11-4-6-12(7-5-11)14(15-2)13-8-9-16-10-17-13/h8-12,14-15H,3-7H2,1-2H3. The fraction of sp³-hybridized carbons (Fsp3) is 0.714. The van der Waals surface area contributed by atoms with E-state index in [0.717, 1.165) is 17.5 Å². The Balaban J connectivity index is 2.00. The van der Waals surface area contributed by atoms with E-state index < -0.39 is 0 Å². The molecule has 1 aliphatic carbocycles. The fourth-order valence-corrected chi connectivity index (χ4v) is 3.04. The highest BCUT2D eigenvalue weighted by Gasteiger charge is 2.27. The topological polar surface area (TPSA) is 37.8 Å². The summed E-state index contributed by atoms with van der Waals surface area (Å²) in [5, 5.41) is 3.43.